The number of hydrogen-bond donors (Lipinski definition) is 1. The van der Waals surface area contributed by atoms with E-state index in [0.717, 1.165) is 23.1 Å². The molecule has 0 spiro atoms. The maximum Gasteiger partial charge on any atom is 0.258 e. The highest BCUT2D eigenvalue weighted by Crippen LogP contribution is 2.26. The van der Waals surface area contributed by atoms with Crippen LogP contribution in [0.4, 0.5) is 5.69 Å². The van der Waals surface area contributed by atoms with Crippen LogP contribution in [0.15, 0.2) is 53.1 Å². The lowest BCUT2D eigenvalue weighted by molar-refractivity contribution is -0.119. The molecule has 1 amide bonds. The summed E-state index contributed by atoms with van der Waals surface area (Å²) in [5.74, 6) is 0.861. The Morgan fingerprint density at radius 3 is 2.88 bits per heavy atom. The number of aromatic nitrogens is 2. The van der Waals surface area contributed by atoms with Gasteiger partial charge >= 0.3 is 0 Å². The Bertz CT molecular complexity index is 929. The lowest BCUT2D eigenvalue weighted by Crippen LogP contribution is -2.22. The highest BCUT2D eigenvalue weighted by Gasteiger charge is 2.23. The van der Waals surface area contributed by atoms with E-state index in [1.165, 1.54) is 0 Å². The van der Waals surface area contributed by atoms with Crippen molar-refractivity contribution in [2.24, 2.45) is 5.92 Å². The molecule has 6 heteroatoms. The standard InChI is InChI=1S/C20H19N3O3/c1-13-5-2-3-8-17(13)18-22-20(26-23-18)14-6-4-7-16(11-14)21-19(24)15-9-10-25-12-15/h2-8,11,15H,9-10,12H2,1H3,(H,21,24)/t15-/m1/s1. The van der Waals surface area contributed by atoms with Gasteiger partial charge in [0.25, 0.3) is 5.89 Å². The number of nitrogens with zero attached hydrogens (tertiary/aromatic N) is 2. The van der Waals surface area contributed by atoms with Crippen LogP contribution in [0.3, 0.4) is 0 Å². The lowest BCUT2D eigenvalue weighted by atomic mass is 10.1. The minimum Gasteiger partial charge on any atom is -0.381 e. The first-order valence-electron chi connectivity index (χ1n) is 8.59. The molecule has 0 saturated carbocycles. The third-order valence-corrected chi connectivity index (χ3v) is 4.49. The Labute approximate surface area is 151 Å². The minimum absolute atomic E-state index is 0.0224. The van der Waals surface area contributed by atoms with Gasteiger partial charge < -0.3 is 14.6 Å². The van der Waals surface area contributed by atoms with E-state index in [9.17, 15) is 4.79 Å². The molecule has 6 nitrogen and oxygen atoms in total. The van der Waals surface area contributed by atoms with E-state index in [2.05, 4.69) is 15.5 Å². The third-order valence-electron chi connectivity index (χ3n) is 4.49. The van der Waals surface area contributed by atoms with Gasteiger partial charge in [-0.3, -0.25) is 4.79 Å². The van der Waals surface area contributed by atoms with Crippen LogP contribution in [-0.2, 0) is 9.53 Å². The number of nitrogens with one attached hydrogen (secondary N) is 1. The molecule has 1 aliphatic heterocycles. The van der Waals surface area contributed by atoms with Gasteiger partial charge in [0.15, 0.2) is 0 Å². The van der Waals surface area contributed by atoms with Crippen molar-refractivity contribution in [2.45, 2.75) is 13.3 Å². The zero-order valence-electron chi connectivity index (χ0n) is 14.4. The molecular formula is C20H19N3O3. The van der Waals surface area contributed by atoms with Gasteiger partial charge in [-0.05, 0) is 37.1 Å². The Balaban J connectivity index is 1.55. The van der Waals surface area contributed by atoms with Crippen molar-refractivity contribution in [3.63, 3.8) is 0 Å². The quantitative estimate of drug-likeness (QED) is 0.777. The van der Waals surface area contributed by atoms with Crippen LogP contribution < -0.4 is 5.32 Å². The molecule has 4 rings (SSSR count). The van der Waals surface area contributed by atoms with E-state index < -0.39 is 0 Å². The van der Waals surface area contributed by atoms with Gasteiger partial charge in [0.1, 0.15) is 0 Å². The summed E-state index contributed by atoms with van der Waals surface area (Å²) >= 11 is 0. The van der Waals surface area contributed by atoms with Crippen molar-refractivity contribution in [1.29, 1.82) is 0 Å². The van der Waals surface area contributed by atoms with Crippen molar-refractivity contribution in [3.8, 4) is 22.8 Å². The number of anilines is 1. The lowest BCUT2D eigenvalue weighted by Gasteiger charge is -2.09. The van der Waals surface area contributed by atoms with Crippen LogP contribution in [0.5, 0.6) is 0 Å². The van der Waals surface area contributed by atoms with Crippen LogP contribution in [0, 0.1) is 12.8 Å². The molecule has 0 unspecified atom stereocenters. The minimum atomic E-state index is -0.0882. The molecule has 1 aliphatic rings. The number of carbonyl (C=O) groups excluding carboxylic acids is 1. The maximum absolute atomic E-state index is 12.2. The van der Waals surface area contributed by atoms with Crippen molar-refractivity contribution >= 4 is 11.6 Å². The fraction of sp³-hybridized carbons (Fsp3) is 0.250. The normalized spacial score (nSPS) is 16.6. The summed E-state index contributed by atoms with van der Waals surface area (Å²) in [6.07, 6.45) is 0.759. The van der Waals surface area contributed by atoms with Gasteiger partial charge in [-0.15, -0.1) is 0 Å². The van der Waals surface area contributed by atoms with Crippen LogP contribution in [0.1, 0.15) is 12.0 Å². The monoisotopic (exact) mass is 349 g/mol. The van der Waals surface area contributed by atoms with E-state index >= 15 is 0 Å². The fourth-order valence-electron chi connectivity index (χ4n) is 2.99. The number of hydrogen-bond acceptors (Lipinski definition) is 5. The molecule has 1 saturated heterocycles. The van der Waals surface area contributed by atoms with E-state index in [4.69, 9.17) is 9.26 Å². The molecule has 2 heterocycles. The van der Waals surface area contributed by atoms with E-state index in [-0.39, 0.29) is 11.8 Å². The average Bonchev–Trinajstić information content (AvgIpc) is 3.35. The number of ether oxygens (including phenoxy) is 1. The zero-order chi connectivity index (χ0) is 17.9. The molecule has 1 fully saturated rings. The Morgan fingerprint density at radius 1 is 1.19 bits per heavy atom. The Kier molecular flexibility index (Phi) is 4.50. The first-order valence-corrected chi connectivity index (χ1v) is 8.59. The number of amides is 1. The van der Waals surface area contributed by atoms with Crippen LogP contribution in [-0.4, -0.2) is 29.3 Å². The summed E-state index contributed by atoms with van der Waals surface area (Å²) in [6, 6.07) is 15.3. The Morgan fingerprint density at radius 2 is 2.08 bits per heavy atom. The zero-order valence-corrected chi connectivity index (χ0v) is 14.4. The summed E-state index contributed by atoms with van der Waals surface area (Å²) in [5, 5.41) is 7.02. The summed E-state index contributed by atoms with van der Waals surface area (Å²) in [5.41, 5.74) is 3.49. The fourth-order valence-corrected chi connectivity index (χ4v) is 2.99. The van der Waals surface area contributed by atoms with Crippen LogP contribution in [0.25, 0.3) is 22.8 Å². The van der Waals surface area contributed by atoms with Crippen molar-refractivity contribution < 1.29 is 14.1 Å². The van der Waals surface area contributed by atoms with E-state index in [1.54, 1.807) is 0 Å². The molecular weight excluding hydrogens is 330 g/mol. The number of benzene rings is 2. The van der Waals surface area contributed by atoms with Crippen LogP contribution in [0.2, 0.25) is 0 Å². The first-order chi connectivity index (χ1) is 12.7. The van der Waals surface area contributed by atoms with Crippen molar-refractivity contribution in [1.82, 2.24) is 10.1 Å². The van der Waals surface area contributed by atoms with Gasteiger partial charge in [0, 0.05) is 23.4 Å². The van der Waals surface area contributed by atoms with Crippen molar-refractivity contribution in [3.05, 3.63) is 54.1 Å². The molecule has 3 aromatic rings. The van der Waals surface area contributed by atoms with Crippen LogP contribution >= 0.6 is 0 Å². The van der Waals surface area contributed by atoms with Crippen molar-refractivity contribution in [2.75, 3.05) is 18.5 Å². The molecule has 1 atom stereocenters. The molecule has 2 aromatic carbocycles. The molecule has 0 bridgehead atoms. The van der Waals surface area contributed by atoms with Gasteiger partial charge in [0.2, 0.25) is 11.7 Å². The molecule has 26 heavy (non-hydrogen) atoms. The van der Waals surface area contributed by atoms with Gasteiger partial charge in [0.05, 0.1) is 12.5 Å². The second-order valence-corrected chi connectivity index (χ2v) is 6.37. The predicted octanol–water partition coefficient (Wildman–Crippen LogP) is 3.69. The largest absolute Gasteiger partial charge is 0.381 e. The highest BCUT2D eigenvalue weighted by molar-refractivity contribution is 5.93. The van der Waals surface area contributed by atoms with Gasteiger partial charge in [-0.1, -0.05) is 35.5 Å². The molecule has 1 N–H and O–H groups in total. The topological polar surface area (TPSA) is 77.2 Å². The summed E-state index contributed by atoms with van der Waals surface area (Å²) in [6.45, 7) is 3.13. The second-order valence-electron chi connectivity index (χ2n) is 6.37. The third kappa shape index (κ3) is 3.36. The smallest absolute Gasteiger partial charge is 0.258 e. The number of rotatable bonds is 4. The number of carbonyl (C=O) groups is 1. The summed E-state index contributed by atoms with van der Waals surface area (Å²) in [7, 11) is 0. The molecule has 0 aliphatic carbocycles. The number of aryl methyl sites for hydroxylation is 1. The van der Waals surface area contributed by atoms with Gasteiger partial charge in [-0.25, -0.2) is 0 Å². The molecule has 0 radical (unpaired) electrons. The predicted molar refractivity (Wildman–Crippen MR) is 97.5 cm³/mol. The van der Waals surface area contributed by atoms with E-state index in [1.807, 2.05) is 55.5 Å². The highest BCUT2D eigenvalue weighted by atomic mass is 16.5. The average molecular weight is 349 g/mol. The van der Waals surface area contributed by atoms with Gasteiger partial charge in [-0.2, -0.15) is 4.98 Å². The SMILES string of the molecule is Cc1ccccc1-c1noc(-c2cccc(NC(=O)[C@@H]3CCOC3)c2)n1. The second kappa shape index (κ2) is 7.09. The first kappa shape index (κ1) is 16.5. The van der Waals surface area contributed by atoms with E-state index in [0.29, 0.717) is 30.6 Å². The molecule has 1 aromatic heterocycles. The Hall–Kier alpha value is -2.99. The summed E-state index contributed by atoms with van der Waals surface area (Å²) in [4.78, 5) is 16.7. The molecule has 132 valence electrons. The summed E-state index contributed by atoms with van der Waals surface area (Å²) < 4.78 is 10.7. The maximum atomic E-state index is 12.2.